The minimum atomic E-state index is -0.623. The number of anilines is 2. The van der Waals surface area contributed by atoms with Gasteiger partial charge in [-0.05, 0) is 73.7 Å². The first-order valence-corrected chi connectivity index (χ1v) is 13.5. The van der Waals surface area contributed by atoms with Gasteiger partial charge in [-0.2, -0.15) is 0 Å². The topological polar surface area (TPSA) is 87.3 Å². The summed E-state index contributed by atoms with van der Waals surface area (Å²) in [5.41, 5.74) is 1.45. The molecule has 4 aromatic rings. The van der Waals surface area contributed by atoms with E-state index in [1.165, 1.54) is 36.0 Å². The van der Waals surface area contributed by atoms with Gasteiger partial charge in [-0.25, -0.2) is 4.39 Å². The highest BCUT2D eigenvalue weighted by molar-refractivity contribution is 8.00. The predicted octanol–water partition coefficient (Wildman–Crippen LogP) is 7.01. The summed E-state index contributed by atoms with van der Waals surface area (Å²) in [5.74, 6) is -1.84. The number of benzene rings is 4. The van der Waals surface area contributed by atoms with E-state index in [0.717, 1.165) is 4.90 Å². The molecule has 0 fully saturated rings. The SMILES string of the molecule is CC(Sc1ccc(NC(=O)/C(=C/c2ccccc2F)NC(=O)c2ccccc2)cc1)C(=O)Nc1cccc(Cl)c1. The van der Waals surface area contributed by atoms with Crippen LogP contribution in [-0.4, -0.2) is 23.0 Å². The zero-order chi connectivity index (χ0) is 28.5. The molecule has 0 heterocycles. The highest BCUT2D eigenvalue weighted by Crippen LogP contribution is 2.26. The van der Waals surface area contributed by atoms with Gasteiger partial charge in [0.1, 0.15) is 11.5 Å². The van der Waals surface area contributed by atoms with E-state index in [1.54, 1.807) is 91.9 Å². The van der Waals surface area contributed by atoms with E-state index in [2.05, 4.69) is 16.0 Å². The van der Waals surface area contributed by atoms with Gasteiger partial charge in [-0.3, -0.25) is 14.4 Å². The van der Waals surface area contributed by atoms with Crippen molar-refractivity contribution in [3.63, 3.8) is 0 Å². The summed E-state index contributed by atoms with van der Waals surface area (Å²) in [5, 5.41) is 8.29. The first-order chi connectivity index (χ1) is 19.3. The molecule has 0 spiro atoms. The second-order valence-corrected chi connectivity index (χ2v) is 10.5. The maximum atomic E-state index is 14.3. The Kier molecular flexibility index (Phi) is 9.72. The molecule has 0 radical (unpaired) electrons. The third kappa shape index (κ3) is 8.05. The number of carbonyl (C=O) groups excluding carboxylic acids is 3. The van der Waals surface area contributed by atoms with Crippen molar-refractivity contribution >= 4 is 58.5 Å². The van der Waals surface area contributed by atoms with E-state index in [4.69, 9.17) is 11.6 Å². The van der Waals surface area contributed by atoms with Crippen molar-refractivity contribution in [2.45, 2.75) is 17.1 Å². The summed E-state index contributed by atoms with van der Waals surface area (Å²) in [6.45, 7) is 1.79. The fourth-order valence-electron chi connectivity index (χ4n) is 3.57. The number of thioether (sulfide) groups is 1. The summed E-state index contributed by atoms with van der Waals surface area (Å²) < 4.78 is 14.3. The molecule has 40 heavy (non-hydrogen) atoms. The molecule has 1 atom stereocenters. The van der Waals surface area contributed by atoms with Gasteiger partial charge in [0, 0.05) is 32.4 Å². The minimum Gasteiger partial charge on any atom is -0.325 e. The van der Waals surface area contributed by atoms with Gasteiger partial charge < -0.3 is 16.0 Å². The Balaban J connectivity index is 1.44. The van der Waals surface area contributed by atoms with Crippen molar-refractivity contribution in [3.8, 4) is 0 Å². The van der Waals surface area contributed by atoms with Gasteiger partial charge in [0.05, 0.1) is 5.25 Å². The second kappa shape index (κ2) is 13.6. The van der Waals surface area contributed by atoms with Crippen molar-refractivity contribution < 1.29 is 18.8 Å². The average molecular weight is 574 g/mol. The van der Waals surface area contributed by atoms with Crippen molar-refractivity contribution in [1.29, 1.82) is 0 Å². The van der Waals surface area contributed by atoms with Gasteiger partial charge in [0.25, 0.3) is 11.8 Å². The molecule has 202 valence electrons. The maximum Gasteiger partial charge on any atom is 0.272 e. The fourth-order valence-corrected chi connectivity index (χ4v) is 4.63. The molecular weight excluding hydrogens is 549 g/mol. The molecule has 0 aliphatic rings. The van der Waals surface area contributed by atoms with Gasteiger partial charge in [0.15, 0.2) is 0 Å². The smallest absolute Gasteiger partial charge is 0.272 e. The van der Waals surface area contributed by atoms with Crippen LogP contribution in [0.2, 0.25) is 5.02 Å². The number of hydrogen-bond donors (Lipinski definition) is 3. The summed E-state index contributed by atoms with van der Waals surface area (Å²) in [6.07, 6.45) is 1.29. The summed E-state index contributed by atoms with van der Waals surface area (Å²) >= 11 is 7.33. The predicted molar refractivity (Wildman–Crippen MR) is 159 cm³/mol. The molecule has 4 rings (SSSR count). The van der Waals surface area contributed by atoms with Crippen molar-refractivity contribution in [2.75, 3.05) is 10.6 Å². The molecule has 0 aromatic heterocycles. The van der Waals surface area contributed by atoms with Crippen LogP contribution in [0.1, 0.15) is 22.8 Å². The Hall–Kier alpha value is -4.40. The van der Waals surface area contributed by atoms with E-state index < -0.39 is 22.9 Å². The molecule has 0 aliphatic carbocycles. The molecule has 3 amide bonds. The first-order valence-electron chi connectivity index (χ1n) is 12.3. The summed E-state index contributed by atoms with van der Waals surface area (Å²) in [7, 11) is 0. The van der Waals surface area contributed by atoms with Gasteiger partial charge in [-0.15, -0.1) is 11.8 Å². The molecule has 9 heteroatoms. The van der Waals surface area contributed by atoms with Gasteiger partial charge >= 0.3 is 0 Å². The zero-order valence-electron chi connectivity index (χ0n) is 21.4. The molecule has 0 aliphatic heterocycles. The molecule has 0 bridgehead atoms. The summed E-state index contributed by atoms with van der Waals surface area (Å²) in [4.78, 5) is 39.3. The Morgan fingerprint density at radius 1 is 0.825 bits per heavy atom. The largest absolute Gasteiger partial charge is 0.325 e. The molecule has 3 N–H and O–H groups in total. The third-order valence-corrected chi connectivity index (χ3v) is 6.97. The Morgan fingerprint density at radius 3 is 2.23 bits per heavy atom. The molecule has 0 saturated carbocycles. The van der Waals surface area contributed by atoms with Crippen LogP contribution in [-0.2, 0) is 9.59 Å². The quantitative estimate of drug-likeness (QED) is 0.148. The lowest BCUT2D eigenvalue weighted by Crippen LogP contribution is -2.30. The number of carbonyl (C=O) groups is 3. The number of halogens is 2. The van der Waals surface area contributed by atoms with E-state index >= 15 is 0 Å². The normalized spacial score (nSPS) is 11.8. The monoisotopic (exact) mass is 573 g/mol. The number of rotatable bonds is 9. The Bertz CT molecular complexity index is 1550. The van der Waals surface area contributed by atoms with Crippen molar-refractivity contribution in [2.24, 2.45) is 0 Å². The lowest BCUT2D eigenvalue weighted by Gasteiger charge is -2.14. The Morgan fingerprint density at radius 2 is 1.52 bits per heavy atom. The zero-order valence-corrected chi connectivity index (χ0v) is 22.9. The van der Waals surface area contributed by atoms with E-state index in [9.17, 15) is 18.8 Å². The lowest BCUT2D eigenvalue weighted by atomic mass is 10.1. The number of hydrogen-bond acceptors (Lipinski definition) is 4. The van der Waals surface area contributed by atoms with Gasteiger partial charge in [0.2, 0.25) is 5.91 Å². The maximum absolute atomic E-state index is 14.3. The molecule has 1 unspecified atom stereocenters. The van der Waals surface area contributed by atoms with Crippen LogP contribution < -0.4 is 16.0 Å². The van der Waals surface area contributed by atoms with E-state index in [0.29, 0.717) is 22.0 Å². The van der Waals surface area contributed by atoms with Crippen molar-refractivity contribution in [1.82, 2.24) is 5.32 Å². The van der Waals surface area contributed by atoms with Crippen LogP contribution in [0.5, 0.6) is 0 Å². The fraction of sp³-hybridized carbons (Fsp3) is 0.0645. The van der Waals surface area contributed by atoms with Crippen LogP contribution in [0.3, 0.4) is 0 Å². The molecule has 4 aromatic carbocycles. The van der Waals surface area contributed by atoms with Crippen LogP contribution in [0.15, 0.2) is 114 Å². The molecule has 6 nitrogen and oxygen atoms in total. The lowest BCUT2D eigenvalue weighted by molar-refractivity contribution is -0.115. The third-order valence-electron chi connectivity index (χ3n) is 5.62. The summed E-state index contributed by atoms with van der Waals surface area (Å²) in [6, 6.07) is 28.2. The standard InChI is InChI=1S/C31H25ClFN3O3S/c1-20(29(37)35-25-12-7-11-23(32)19-25)40-26-16-14-24(15-17-26)34-31(39)28(18-22-10-5-6-13-27(22)33)36-30(38)21-8-3-2-4-9-21/h2-20H,1H3,(H,34,39)(H,35,37)(H,36,38)/b28-18-. The Labute approximate surface area is 240 Å². The second-order valence-electron chi connectivity index (χ2n) is 8.64. The average Bonchev–Trinajstić information content (AvgIpc) is 2.95. The van der Waals surface area contributed by atoms with Crippen molar-refractivity contribution in [3.05, 3.63) is 131 Å². The first kappa shape index (κ1) is 28.6. The van der Waals surface area contributed by atoms with E-state index in [1.807, 2.05) is 0 Å². The van der Waals surface area contributed by atoms with Gasteiger partial charge in [-0.1, -0.05) is 54.1 Å². The van der Waals surface area contributed by atoms with Crippen LogP contribution in [0.4, 0.5) is 15.8 Å². The van der Waals surface area contributed by atoms with Crippen LogP contribution in [0, 0.1) is 5.82 Å². The number of amides is 3. The molecular formula is C31H25ClFN3O3S. The number of nitrogens with one attached hydrogen (secondary N) is 3. The van der Waals surface area contributed by atoms with Crippen LogP contribution >= 0.6 is 23.4 Å². The highest BCUT2D eigenvalue weighted by Gasteiger charge is 2.17. The molecule has 0 saturated heterocycles. The van der Waals surface area contributed by atoms with Crippen LogP contribution in [0.25, 0.3) is 6.08 Å². The minimum absolute atomic E-state index is 0.122. The highest BCUT2D eigenvalue weighted by atomic mass is 35.5. The van der Waals surface area contributed by atoms with E-state index in [-0.39, 0.29) is 17.2 Å².